The first kappa shape index (κ1) is 28.8. The molecule has 3 saturated heterocycles. The summed E-state index contributed by atoms with van der Waals surface area (Å²) in [6.07, 6.45) is 3.02. The van der Waals surface area contributed by atoms with Gasteiger partial charge in [0.2, 0.25) is 11.5 Å². The summed E-state index contributed by atoms with van der Waals surface area (Å²) in [6.45, 7) is 3.68. The Bertz CT molecular complexity index is 982. The quantitative estimate of drug-likeness (QED) is 0.513. The van der Waals surface area contributed by atoms with Crippen LogP contribution in [0.3, 0.4) is 0 Å². The number of amides is 1. The minimum absolute atomic E-state index is 0. The average Bonchev–Trinajstić information content (AvgIpc) is 2.85. The van der Waals surface area contributed by atoms with Crippen LogP contribution in [0.1, 0.15) is 28.8 Å². The normalized spacial score (nSPS) is 20.2. The third-order valence-electron chi connectivity index (χ3n) is 6.57. The molecular weight excluding hydrogens is 493 g/mol. The van der Waals surface area contributed by atoms with Crippen LogP contribution in [0.2, 0.25) is 0 Å². The molecule has 1 amide bonds. The lowest BCUT2D eigenvalue weighted by Gasteiger charge is -2.44. The van der Waals surface area contributed by atoms with E-state index in [0.717, 1.165) is 44.5 Å². The van der Waals surface area contributed by atoms with Gasteiger partial charge in [-0.05, 0) is 62.5 Å². The van der Waals surface area contributed by atoms with Crippen molar-refractivity contribution in [2.75, 3.05) is 47.5 Å². The zero-order chi connectivity index (χ0) is 23.4. The first-order valence-electron chi connectivity index (χ1n) is 11.4. The van der Waals surface area contributed by atoms with Gasteiger partial charge in [0.15, 0.2) is 11.5 Å². The molecule has 0 radical (unpaired) electrons. The largest absolute Gasteiger partial charge is 0.492 e. The molecule has 0 spiro atoms. The van der Waals surface area contributed by atoms with Crippen LogP contribution < -0.4 is 30.0 Å². The van der Waals surface area contributed by atoms with E-state index >= 15 is 0 Å². The number of carbonyl (C=O) groups is 1. The van der Waals surface area contributed by atoms with E-state index in [4.69, 9.17) is 24.7 Å². The van der Waals surface area contributed by atoms with Crippen LogP contribution in [0.5, 0.6) is 28.7 Å². The van der Waals surface area contributed by atoms with E-state index < -0.39 is 0 Å². The van der Waals surface area contributed by atoms with Gasteiger partial charge in [-0.15, -0.1) is 24.8 Å². The van der Waals surface area contributed by atoms with Crippen LogP contribution in [-0.2, 0) is 6.42 Å². The monoisotopic (exact) mass is 527 g/mol. The summed E-state index contributed by atoms with van der Waals surface area (Å²) < 4.78 is 22.9. The molecular formula is C25H35Cl2N3O5. The van der Waals surface area contributed by atoms with Gasteiger partial charge in [0.1, 0.15) is 5.75 Å². The van der Waals surface area contributed by atoms with Gasteiger partial charge in [0.05, 0.1) is 26.9 Å². The highest BCUT2D eigenvalue weighted by Crippen LogP contribution is 2.48. The van der Waals surface area contributed by atoms with E-state index in [1.54, 1.807) is 6.07 Å². The number of ether oxygens (including phenoxy) is 4. The maximum Gasteiger partial charge on any atom is 0.255 e. The van der Waals surface area contributed by atoms with Crippen molar-refractivity contribution < 1.29 is 23.7 Å². The number of hydrogen-bond donors (Lipinski definition) is 2. The first-order valence-corrected chi connectivity index (χ1v) is 11.4. The molecule has 1 unspecified atom stereocenters. The topological polar surface area (TPSA) is 95.3 Å². The maximum absolute atomic E-state index is 13.4. The lowest BCUT2D eigenvalue weighted by Crippen LogP contribution is -2.57. The van der Waals surface area contributed by atoms with Gasteiger partial charge in [-0.1, -0.05) is 12.1 Å². The van der Waals surface area contributed by atoms with E-state index in [1.165, 1.54) is 21.3 Å². The number of nitrogens with zero attached hydrogens (tertiary/aromatic N) is 1. The molecule has 5 rings (SSSR count). The third-order valence-corrected chi connectivity index (χ3v) is 6.57. The number of nitrogens with two attached hydrogens (primary N) is 1. The molecule has 35 heavy (non-hydrogen) atoms. The average molecular weight is 528 g/mol. The molecule has 10 heteroatoms. The van der Waals surface area contributed by atoms with Crippen molar-refractivity contribution in [1.29, 1.82) is 0 Å². The number of nitrogens with one attached hydrogen (secondary N) is 1. The second kappa shape index (κ2) is 13.1. The van der Waals surface area contributed by atoms with Crippen LogP contribution in [-0.4, -0.2) is 64.4 Å². The van der Waals surface area contributed by atoms with Crippen LogP contribution in [0, 0.1) is 5.92 Å². The van der Waals surface area contributed by atoms with Crippen molar-refractivity contribution >= 4 is 30.7 Å². The molecule has 2 aromatic carbocycles. The van der Waals surface area contributed by atoms with Gasteiger partial charge in [0.25, 0.3) is 5.91 Å². The number of benzene rings is 2. The predicted molar refractivity (Wildman–Crippen MR) is 140 cm³/mol. The van der Waals surface area contributed by atoms with Crippen LogP contribution in [0.25, 0.3) is 0 Å². The highest BCUT2D eigenvalue weighted by molar-refractivity contribution is 5.99. The van der Waals surface area contributed by atoms with Crippen LogP contribution >= 0.6 is 24.8 Å². The van der Waals surface area contributed by atoms with Gasteiger partial charge >= 0.3 is 0 Å². The van der Waals surface area contributed by atoms with Crippen molar-refractivity contribution in [3.63, 3.8) is 0 Å². The molecule has 2 bridgehead atoms. The fraction of sp³-hybridized carbons (Fsp3) is 0.480. The fourth-order valence-corrected chi connectivity index (χ4v) is 4.82. The van der Waals surface area contributed by atoms with Crippen LogP contribution in [0.15, 0.2) is 30.3 Å². The molecule has 0 aromatic heterocycles. The molecule has 3 heterocycles. The lowest BCUT2D eigenvalue weighted by atomic mass is 9.84. The summed E-state index contributed by atoms with van der Waals surface area (Å²) in [4.78, 5) is 15.8. The summed E-state index contributed by atoms with van der Waals surface area (Å²) in [5, 5.41) is 3.22. The van der Waals surface area contributed by atoms with E-state index in [0.29, 0.717) is 46.8 Å². The molecule has 3 aliphatic rings. The predicted octanol–water partition coefficient (Wildman–Crippen LogP) is 3.67. The van der Waals surface area contributed by atoms with E-state index in [9.17, 15) is 4.79 Å². The number of halogens is 2. The maximum atomic E-state index is 13.4. The molecule has 3 aliphatic heterocycles. The smallest absolute Gasteiger partial charge is 0.255 e. The highest BCUT2D eigenvalue weighted by Gasteiger charge is 2.36. The molecule has 194 valence electrons. The number of piperidine rings is 3. The van der Waals surface area contributed by atoms with Gasteiger partial charge in [-0.2, -0.15) is 0 Å². The molecule has 0 aliphatic carbocycles. The third kappa shape index (κ3) is 6.25. The molecule has 3 N–H and O–H groups in total. The van der Waals surface area contributed by atoms with Gasteiger partial charge in [-0.3, -0.25) is 4.79 Å². The lowest BCUT2D eigenvalue weighted by molar-refractivity contribution is 0.0618. The first-order chi connectivity index (χ1) is 16.1. The SMILES string of the molecule is COc1c(Oc2ccc(CCN)cc2)cc(C(=O)NC2CN3CCC2CC3)c(OC)c1OC.Cl.Cl. The van der Waals surface area contributed by atoms with Crippen LogP contribution in [0.4, 0.5) is 0 Å². The number of carbonyl (C=O) groups excluding carboxylic acids is 1. The van der Waals surface area contributed by atoms with Gasteiger partial charge in [-0.25, -0.2) is 0 Å². The molecule has 1 atom stereocenters. The Labute approximate surface area is 219 Å². The number of rotatable bonds is 9. The fourth-order valence-electron chi connectivity index (χ4n) is 4.82. The van der Waals surface area contributed by atoms with E-state index in [-0.39, 0.29) is 36.8 Å². The van der Waals surface area contributed by atoms with Crippen molar-refractivity contribution in [3.05, 3.63) is 41.5 Å². The Morgan fingerprint density at radius 1 is 1.00 bits per heavy atom. The highest BCUT2D eigenvalue weighted by atomic mass is 35.5. The Morgan fingerprint density at radius 3 is 2.14 bits per heavy atom. The summed E-state index contributed by atoms with van der Waals surface area (Å²) in [5.41, 5.74) is 7.11. The molecule has 0 saturated carbocycles. The van der Waals surface area contributed by atoms with Crippen molar-refractivity contribution in [3.8, 4) is 28.7 Å². The Balaban J connectivity index is 0.00000216. The zero-order valence-corrected chi connectivity index (χ0v) is 22.0. The standard InChI is InChI=1S/C25H33N3O5.2ClH/c1-30-22-19(25(29)27-20-15-28-12-9-17(20)10-13-28)14-21(23(31-2)24(22)32-3)33-18-6-4-16(5-7-18)8-11-26;;/h4-7,14,17,20H,8-13,15,26H2,1-3H3,(H,27,29);2*1H. The number of hydrogen-bond acceptors (Lipinski definition) is 7. The zero-order valence-electron chi connectivity index (χ0n) is 20.4. The number of fused-ring (bicyclic) bond motifs is 3. The van der Waals surface area contributed by atoms with Crippen molar-refractivity contribution in [1.82, 2.24) is 10.2 Å². The van der Waals surface area contributed by atoms with Gasteiger partial charge < -0.3 is 34.9 Å². The minimum Gasteiger partial charge on any atom is -0.492 e. The summed E-state index contributed by atoms with van der Waals surface area (Å²) >= 11 is 0. The second-order valence-corrected chi connectivity index (χ2v) is 8.52. The van der Waals surface area contributed by atoms with Gasteiger partial charge in [0, 0.05) is 18.7 Å². The summed E-state index contributed by atoms with van der Waals surface area (Å²) in [7, 11) is 4.56. The molecule has 3 fully saturated rings. The summed E-state index contributed by atoms with van der Waals surface area (Å²) in [6, 6.07) is 9.46. The summed E-state index contributed by atoms with van der Waals surface area (Å²) in [5.74, 6) is 2.28. The van der Waals surface area contributed by atoms with Crippen molar-refractivity contribution in [2.24, 2.45) is 11.7 Å². The molecule has 2 aromatic rings. The minimum atomic E-state index is -0.213. The molecule has 8 nitrogen and oxygen atoms in total. The van der Waals surface area contributed by atoms with Crippen molar-refractivity contribution in [2.45, 2.75) is 25.3 Å². The number of methoxy groups -OCH3 is 3. The Morgan fingerprint density at radius 2 is 1.63 bits per heavy atom. The van der Waals surface area contributed by atoms with E-state index in [2.05, 4.69) is 10.2 Å². The second-order valence-electron chi connectivity index (χ2n) is 8.52. The Hall–Kier alpha value is -2.39. The Kier molecular flexibility index (Phi) is 10.8. The van der Waals surface area contributed by atoms with E-state index in [1.807, 2.05) is 24.3 Å².